The van der Waals surface area contributed by atoms with Gasteiger partial charge in [0.2, 0.25) is 0 Å². The van der Waals surface area contributed by atoms with Gasteiger partial charge >= 0.3 is 0 Å². The molecular weight excluding hydrogens is 312 g/mol. The number of nitrogens with zero attached hydrogens (tertiary/aromatic N) is 1. The number of nitrogens with two attached hydrogens (primary N) is 1. The molecule has 0 bridgehead atoms. The zero-order valence-corrected chi connectivity index (χ0v) is 14.5. The van der Waals surface area contributed by atoms with Crippen molar-refractivity contribution < 1.29 is 9.53 Å². The third kappa shape index (κ3) is 4.63. The van der Waals surface area contributed by atoms with Gasteiger partial charge < -0.3 is 15.4 Å². The van der Waals surface area contributed by atoms with Gasteiger partial charge in [-0.25, -0.2) is 0 Å². The first kappa shape index (κ1) is 18.8. The Morgan fingerprint density at radius 3 is 2.39 bits per heavy atom. The van der Waals surface area contributed by atoms with E-state index in [1.807, 2.05) is 55.1 Å². The van der Waals surface area contributed by atoms with Crippen molar-refractivity contribution in [1.82, 2.24) is 4.90 Å². The second-order valence-corrected chi connectivity index (χ2v) is 5.24. The van der Waals surface area contributed by atoms with E-state index in [0.29, 0.717) is 24.3 Å². The van der Waals surface area contributed by atoms with Gasteiger partial charge in [-0.2, -0.15) is 0 Å². The van der Waals surface area contributed by atoms with E-state index in [4.69, 9.17) is 10.5 Å². The van der Waals surface area contributed by atoms with Crippen LogP contribution in [0.25, 0.3) is 0 Å². The van der Waals surface area contributed by atoms with Crippen molar-refractivity contribution >= 4 is 24.0 Å². The molecule has 5 heteroatoms. The molecule has 1 amide bonds. The Balaban J connectivity index is 0.00000264. The van der Waals surface area contributed by atoms with Crippen LogP contribution in [0.15, 0.2) is 42.5 Å². The molecule has 2 N–H and O–H groups in total. The third-order valence-corrected chi connectivity index (χ3v) is 3.69. The lowest BCUT2D eigenvalue weighted by Crippen LogP contribution is -2.30. The minimum atomic E-state index is 0. The monoisotopic (exact) mass is 334 g/mol. The van der Waals surface area contributed by atoms with Crippen LogP contribution in [0.3, 0.4) is 0 Å². The standard InChI is InChI=1S/C18H22N2O2.ClH/c1-4-20(12-14-6-9-16(22-3)10-7-14)18(21)17-11-15(19)8-5-13(17)2;/h5-11H,4,12,19H2,1-3H3;1H. The summed E-state index contributed by atoms with van der Waals surface area (Å²) in [4.78, 5) is 14.5. The maximum atomic E-state index is 12.7. The molecule has 4 nitrogen and oxygen atoms in total. The minimum Gasteiger partial charge on any atom is -0.497 e. The SMILES string of the molecule is CCN(Cc1ccc(OC)cc1)C(=O)c1cc(N)ccc1C.Cl. The summed E-state index contributed by atoms with van der Waals surface area (Å²) in [6.07, 6.45) is 0. The van der Waals surface area contributed by atoms with Crippen molar-refractivity contribution in [3.63, 3.8) is 0 Å². The Morgan fingerprint density at radius 1 is 1.17 bits per heavy atom. The van der Waals surface area contributed by atoms with Crippen LogP contribution in [0.5, 0.6) is 5.75 Å². The van der Waals surface area contributed by atoms with Gasteiger partial charge in [0.15, 0.2) is 0 Å². The lowest BCUT2D eigenvalue weighted by Gasteiger charge is -2.22. The van der Waals surface area contributed by atoms with E-state index in [-0.39, 0.29) is 18.3 Å². The molecule has 124 valence electrons. The van der Waals surface area contributed by atoms with E-state index in [1.165, 1.54) is 0 Å². The molecule has 0 saturated heterocycles. The Hall–Kier alpha value is -2.20. The highest BCUT2D eigenvalue weighted by molar-refractivity contribution is 5.96. The summed E-state index contributed by atoms with van der Waals surface area (Å²) in [7, 11) is 1.64. The number of benzene rings is 2. The number of rotatable bonds is 5. The Kier molecular flexibility index (Phi) is 6.91. The van der Waals surface area contributed by atoms with Crippen molar-refractivity contribution in [3.8, 4) is 5.75 Å². The molecule has 0 aliphatic heterocycles. The molecule has 0 fully saturated rings. The van der Waals surface area contributed by atoms with E-state index >= 15 is 0 Å². The zero-order chi connectivity index (χ0) is 16.1. The van der Waals surface area contributed by atoms with Gasteiger partial charge in [0, 0.05) is 24.3 Å². The number of anilines is 1. The molecule has 0 radical (unpaired) electrons. The second-order valence-electron chi connectivity index (χ2n) is 5.24. The minimum absolute atomic E-state index is 0. The molecule has 0 aliphatic rings. The predicted molar refractivity (Wildman–Crippen MR) is 96.2 cm³/mol. The highest BCUT2D eigenvalue weighted by Gasteiger charge is 2.17. The number of ether oxygens (including phenoxy) is 1. The van der Waals surface area contributed by atoms with E-state index < -0.39 is 0 Å². The van der Waals surface area contributed by atoms with Gasteiger partial charge in [-0.1, -0.05) is 18.2 Å². The molecule has 0 aromatic heterocycles. The number of hydrogen-bond donors (Lipinski definition) is 1. The quantitative estimate of drug-likeness (QED) is 0.849. The number of aryl methyl sites for hydroxylation is 1. The molecule has 0 unspecified atom stereocenters. The van der Waals surface area contributed by atoms with Crippen molar-refractivity contribution in [2.24, 2.45) is 0 Å². The van der Waals surface area contributed by atoms with Gasteiger partial charge in [0.25, 0.3) is 5.91 Å². The van der Waals surface area contributed by atoms with Crippen LogP contribution in [0.4, 0.5) is 5.69 Å². The molecule has 2 aromatic carbocycles. The average molecular weight is 335 g/mol. The number of amides is 1. The van der Waals surface area contributed by atoms with Gasteiger partial charge in [0.05, 0.1) is 7.11 Å². The highest BCUT2D eigenvalue weighted by Crippen LogP contribution is 2.18. The summed E-state index contributed by atoms with van der Waals surface area (Å²) in [5.74, 6) is 0.813. The fourth-order valence-corrected chi connectivity index (χ4v) is 2.32. The van der Waals surface area contributed by atoms with Crippen LogP contribution >= 0.6 is 12.4 Å². The molecule has 0 atom stereocenters. The number of methoxy groups -OCH3 is 1. The summed E-state index contributed by atoms with van der Waals surface area (Å²) in [6, 6.07) is 13.2. The van der Waals surface area contributed by atoms with Gasteiger partial charge in [0.1, 0.15) is 5.75 Å². The van der Waals surface area contributed by atoms with Crippen molar-refractivity contribution in [2.45, 2.75) is 20.4 Å². The lowest BCUT2D eigenvalue weighted by molar-refractivity contribution is 0.0752. The first-order valence-electron chi connectivity index (χ1n) is 7.33. The van der Waals surface area contributed by atoms with Crippen molar-refractivity contribution in [2.75, 3.05) is 19.4 Å². The first-order valence-corrected chi connectivity index (χ1v) is 7.33. The van der Waals surface area contributed by atoms with E-state index in [9.17, 15) is 4.79 Å². The molecule has 0 heterocycles. The van der Waals surface area contributed by atoms with Crippen LogP contribution in [0, 0.1) is 6.92 Å². The number of carbonyl (C=O) groups excluding carboxylic acids is 1. The van der Waals surface area contributed by atoms with E-state index in [2.05, 4.69) is 0 Å². The second kappa shape index (κ2) is 8.44. The Morgan fingerprint density at radius 2 is 1.83 bits per heavy atom. The molecule has 0 spiro atoms. The number of carbonyl (C=O) groups is 1. The van der Waals surface area contributed by atoms with Gasteiger partial charge in [-0.15, -0.1) is 12.4 Å². The van der Waals surface area contributed by atoms with Crippen LogP contribution in [-0.4, -0.2) is 24.5 Å². The van der Waals surface area contributed by atoms with E-state index in [0.717, 1.165) is 16.9 Å². The molecule has 0 saturated carbocycles. The fraction of sp³-hybridized carbons (Fsp3) is 0.278. The van der Waals surface area contributed by atoms with Crippen molar-refractivity contribution in [3.05, 3.63) is 59.2 Å². The third-order valence-electron chi connectivity index (χ3n) is 3.69. The first-order chi connectivity index (χ1) is 10.5. The normalized spacial score (nSPS) is 9.87. The predicted octanol–water partition coefficient (Wildman–Crippen LogP) is 3.67. The zero-order valence-electron chi connectivity index (χ0n) is 13.7. The van der Waals surface area contributed by atoms with Gasteiger partial charge in [-0.05, 0) is 49.2 Å². The van der Waals surface area contributed by atoms with E-state index in [1.54, 1.807) is 13.2 Å². The summed E-state index contributed by atoms with van der Waals surface area (Å²) in [5.41, 5.74) is 9.08. The summed E-state index contributed by atoms with van der Waals surface area (Å²) in [5, 5.41) is 0. The van der Waals surface area contributed by atoms with Crippen LogP contribution < -0.4 is 10.5 Å². The molecule has 2 aromatic rings. The maximum Gasteiger partial charge on any atom is 0.254 e. The highest BCUT2D eigenvalue weighted by atomic mass is 35.5. The van der Waals surface area contributed by atoms with Crippen LogP contribution in [0.2, 0.25) is 0 Å². The van der Waals surface area contributed by atoms with Gasteiger partial charge in [-0.3, -0.25) is 4.79 Å². The summed E-state index contributed by atoms with van der Waals surface area (Å²) < 4.78 is 5.15. The fourth-order valence-electron chi connectivity index (χ4n) is 2.32. The molecule has 2 rings (SSSR count). The molecule has 23 heavy (non-hydrogen) atoms. The topological polar surface area (TPSA) is 55.6 Å². The smallest absolute Gasteiger partial charge is 0.254 e. The number of nitrogen functional groups attached to an aromatic ring is 1. The summed E-state index contributed by atoms with van der Waals surface area (Å²) in [6.45, 7) is 5.10. The van der Waals surface area contributed by atoms with Crippen LogP contribution in [-0.2, 0) is 6.54 Å². The Labute approximate surface area is 143 Å². The number of hydrogen-bond acceptors (Lipinski definition) is 3. The van der Waals surface area contributed by atoms with Crippen LogP contribution in [0.1, 0.15) is 28.4 Å². The summed E-state index contributed by atoms with van der Waals surface area (Å²) >= 11 is 0. The largest absolute Gasteiger partial charge is 0.497 e. The maximum absolute atomic E-state index is 12.7. The average Bonchev–Trinajstić information content (AvgIpc) is 2.54. The molecular formula is C18H23ClN2O2. The molecule has 0 aliphatic carbocycles. The number of halogens is 1. The van der Waals surface area contributed by atoms with Crippen molar-refractivity contribution in [1.29, 1.82) is 0 Å². The lowest BCUT2D eigenvalue weighted by atomic mass is 10.1. The Bertz CT molecular complexity index is 657.